The highest BCUT2D eigenvalue weighted by molar-refractivity contribution is 7.91. The number of carbonyl (C=O) groups is 1. The maximum absolute atomic E-state index is 12.1. The summed E-state index contributed by atoms with van der Waals surface area (Å²) in [6, 6.07) is 3.02. The molecule has 1 aromatic heterocycles. The van der Waals surface area contributed by atoms with E-state index in [1.807, 2.05) is 6.92 Å². The summed E-state index contributed by atoms with van der Waals surface area (Å²) in [5.41, 5.74) is 0. The van der Waals surface area contributed by atoms with Crippen LogP contribution in [-0.4, -0.2) is 43.3 Å². The van der Waals surface area contributed by atoms with Gasteiger partial charge in [0.25, 0.3) is 5.91 Å². The fraction of sp³-hybridized carbons (Fsp3) is 0.545. The molecule has 2 rings (SSSR count). The lowest BCUT2D eigenvalue weighted by Crippen LogP contribution is -2.40. The molecule has 0 bridgehead atoms. The number of nitrogens with zero attached hydrogens (tertiary/aromatic N) is 1. The van der Waals surface area contributed by atoms with Crippen LogP contribution in [0.5, 0.6) is 0 Å². The summed E-state index contributed by atoms with van der Waals surface area (Å²) < 4.78 is 27.9. The third-order valence-electron chi connectivity index (χ3n) is 2.98. The van der Waals surface area contributed by atoms with Crippen molar-refractivity contribution in [3.05, 3.63) is 24.2 Å². The van der Waals surface area contributed by atoms with Gasteiger partial charge in [-0.3, -0.25) is 4.79 Å². The van der Waals surface area contributed by atoms with Crippen LogP contribution in [0.1, 0.15) is 23.9 Å². The minimum atomic E-state index is -2.98. The first kappa shape index (κ1) is 12.2. The van der Waals surface area contributed by atoms with Crippen LogP contribution in [0.4, 0.5) is 0 Å². The first-order valence-electron chi connectivity index (χ1n) is 5.58. The minimum Gasteiger partial charge on any atom is -0.459 e. The van der Waals surface area contributed by atoms with Gasteiger partial charge < -0.3 is 9.32 Å². The Morgan fingerprint density at radius 1 is 1.59 bits per heavy atom. The molecule has 1 atom stereocenters. The molecule has 1 amide bonds. The Balaban J connectivity index is 2.15. The van der Waals surface area contributed by atoms with E-state index in [9.17, 15) is 13.2 Å². The van der Waals surface area contributed by atoms with Gasteiger partial charge in [0.05, 0.1) is 17.8 Å². The van der Waals surface area contributed by atoms with E-state index in [-0.39, 0.29) is 29.2 Å². The summed E-state index contributed by atoms with van der Waals surface area (Å²) >= 11 is 0. The number of carbonyl (C=O) groups excluding carboxylic acids is 1. The molecule has 2 heterocycles. The Labute approximate surface area is 100 Å². The molecule has 0 aromatic carbocycles. The van der Waals surface area contributed by atoms with E-state index in [0.29, 0.717) is 13.0 Å². The van der Waals surface area contributed by atoms with Crippen molar-refractivity contribution in [2.75, 3.05) is 18.1 Å². The van der Waals surface area contributed by atoms with E-state index in [4.69, 9.17) is 4.42 Å². The van der Waals surface area contributed by atoms with Crippen LogP contribution in [-0.2, 0) is 9.84 Å². The van der Waals surface area contributed by atoms with E-state index in [0.717, 1.165) is 0 Å². The van der Waals surface area contributed by atoms with Crippen LogP contribution in [0, 0.1) is 0 Å². The number of hydrogen-bond acceptors (Lipinski definition) is 4. The summed E-state index contributed by atoms with van der Waals surface area (Å²) in [6.07, 6.45) is 1.95. The van der Waals surface area contributed by atoms with Crippen molar-refractivity contribution in [3.63, 3.8) is 0 Å². The Morgan fingerprint density at radius 3 is 2.82 bits per heavy atom. The fourth-order valence-corrected chi connectivity index (χ4v) is 3.86. The van der Waals surface area contributed by atoms with Gasteiger partial charge in [-0.05, 0) is 25.5 Å². The monoisotopic (exact) mass is 257 g/mol. The molecular weight excluding hydrogens is 242 g/mol. The molecule has 6 heteroatoms. The summed E-state index contributed by atoms with van der Waals surface area (Å²) in [5, 5.41) is 0. The molecule has 1 unspecified atom stereocenters. The van der Waals surface area contributed by atoms with E-state index in [1.165, 1.54) is 6.26 Å². The van der Waals surface area contributed by atoms with Crippen molar-refractivity contribution >= 4 is 15.7 Å². The summed E-state index contributed by atoms with van der Waals surface area (Å²) in [4.78, 5) is 13.6. The van der Waals surface area contributed by atoms with Crippen LogP contribution >= 0.6 is 0 Å². The molecule has 1 aliphatic rings. The highest BCUT2D eigenvalue weighted by atomic mass is 32.2. The normalized spacial score (nSPS) is 22.5. The zero-order chi connectivity index (χ0) is 12.5. The first-order valence-corrected chi connectivity index (χ1v) is 7.40. The van der Waals surface area contributed by atoms with Crippen LogP contribution in [0.15, 0.2) is 22.8 Å². The predicted molar refractivity (Wildman–Crippen MR) is 62.5 cm³/mol. The largest absolute Gasteiger partial charge is 0.459 e. The van der Waals surface area contributed by atoms with Crippen molar-refractivity contribution in [1.82, 2.24) is 4.90 Å². The third-order valence-corrected chi connectivity index (χ3v) is 4.73. The molecule has 1 aliphatic heterocycles. The zero-order valence-corrected chi connectivity index (χ0v) is 10.4. The number of hydrogen-bond donors (Lipinski definition) is 0. The fourth-order valence-electron chi connectivity index (χ4n) is 2.13. The van der Waals surface area contributed by atoms with Gasteiger partial charge in [0.1, 0.15) is 0 Å². The van der Waals surface area contributed by atoms with E-state index in [2.05, 4.69) is 0 Å². The molecule has 17 heavy (non-hydrogen) atoms. The average molecular weight is 257 g/mol. The lowest BCUT2D eigenvalue weighted by Gasteiger charge is -2.25. The van der Waals surface area contributed by atoms with Gasteiger partial charge in [-0.25, -0.2) is 8.42 Å². The van der Waals surface area contributed by atoms with Crippen molar-refractivity contribution < 1.29 is 17.6 Å². The minimum absolute atomic E-state index is 0.0628. The molecule has 0 spiro atoms. The molecule has 1 saturated heterocycles. The maximum atomic E-state index is 12.1. The van der Waals surface area contributed by atoms with Gasteiger partial charge in [0.2, 0.25) is 0 Å². The Kier molecular flexibility index (Phi) is 3.24. The van der Waals surface area contributed by atoms with Crippen molar-refractivity contribution in [1.29, 1.82) is 0 Å². The number of rotatable bonds is 3. The van der Waals surface area contributed by atoms with Crippen molar-refractivity contribution in [3.8, 4) is 0 Å². The second kappa shape index (κ2) is 4.52. The van der Waals surface area contributed by atoms with Crippen LogP contribution < -0.4 is 0 Å². The summed E-state index contributed by atoms with van der Waals surface area (Å²) in [5.74, 6) is 0.253. The predicted octanol–water partition coefficient (Wildman–Crippen LogP) is 0.929. The topological polar surface area (TPSA) is 67.6 Å². The first-order chi connectivity index (χ1) is 8.03. The molecule has 0 aliphatic carbocycles. The molecule has 0 N–H and O–H groups in total. The molecule has 5 nitrogen and oxygen atoms in total. The van der Waals surface area contributed by atoms with Gasteiger partial charge >= 0.3 is 0 Å². The van der Waals surface area contributed by atoms with Crippen LogP contribution in [0.3, 0.4) is 0 Å². The summed E-state index contributed by atoms with van der Waals surface area (Å²) in [6.45, 7) is 2.32. The van der Waals surface area contributed by atoms with Gasteiger partial charge in [-0.15, -0.1) is 0 Å². The quantitative estimate of drug-likeness (QED) is 0.807. The molecule has 94 valence electrons. The maximum Gasteiger partial charge on any atom is 0.289 e. The van der Waals surface area contributed by atoms with E-state index in [1.54, 1.807) is 17.0 Å². The standard InChI is InChI=1S/C11H15NO4S/c1-2-12(9-5-7-17(14,15)8-9)11(13)10-4-3-6-16-10/h3-4,6,9H,2,5,7-8H2,1H3. The van der Waals surface area contributed by atoms with Gasteiger partial charge in [0.15, 0.2) is 15.6 Å². The number of furan rings is 1. The van der Waals surface area contributed by atoms with Crippen molar-refractivity contribution in [2.24, 2.45) is 0 Å². The Morgan fingerprint density at radius 2 is 2.35 bits per heavy atom. The molecule has 0 radical (unpaired) electrons. The van der Waals surface area contributed by atoms with Gasteiger partial charge in [-0.2, -0.15) is 0 Å². The Hall–Kier alpha value is -1.30. The third kappa shape index (κ3) is 2.52. The average Bonchev–Trinajstić information content (AvgIpc) is 2.88. The lowest BCUT2D eigenvalue weighted by atomic mass is 10.2. The van der Waals surface area contributed by atoms with Crippen molar-refractivity contribution in [2.45, 2.75) is 19.4 Å². The highest BCUT2D eigenvalue weighted by Gasteiger charge is 2.34. The van der Waals surface area contributed by atoms with Crippen LogP contribution in [0.2, 0.25) is 0 Å². The Bertz CT molecular complexity index is 492. The molecular formula is C11H15NO4S. The number of amides is 1. The molecule has 1 fully saturated rings. The highest BCUT2D eigenvalue weighted by Crippen LogP contribution is 2.19. The van der Waals surface area contributed by atoms with E-state index >= 15 is 0 Å². The smallest absolute Gasteiger partial charge is 0.289 e. The molecule has 1 aromatic rings. The molecule has 0 saturated carbocycles. The van der Waals surface area contributed by atoms with Gasteiger partial charge in [-0.1, -0.05) is 0 Å². The van der Waals surface area contributed by atoms with Gasteiger partial charge in [0, 0.05) is 12.6 Å². The zero-order valence-electron chi connectivity index (χ0n) is 9.63. The SMILES string of the molecule is CCN(C(=O)c1ccco1)C1CCS(=O)(=O)C1. The van der Waals surface area contributed by atoms with Crippen LogP contribution in [0.25, 0.3) is 0 Å². The summed E-state index contributed by atoms with van der Waals surface area (Å²) in [7, 11) is -2.98. The number of sulfone groups is 1. The van der Waals surface area contributed by atoms with E-state index < -0.39 is 9.84 Å². The lowest BCUT2D eigenvalue weighted by molar-refractivity contribution is 0.0676. The second-order valence-electron chi connectivity index (χ2n) is 4.13. The second-order valence-corrected chi connectivity index (χ2v) is 6.35.